The zero-order chi connectivity index (χ0) is 13.3. The second-order valence-corrected chi connectivity index (χ2v) is 4.86. The van der Waals surface area contributed by atoms with Gasteiger partial charge >= 0.3 is 0 Å². The van der Waals surface area contributed by atoms with Crippen molar-refractivity contribution < 1.29 is 4.79 Å². The average Bonchev–Trinajstić information content (AvgIpc) is 3.05. The fraction of sp³-hybridized carbons (Fsp3) is 0.308. The number of nitrogens with zero attached hydrogens (tertiary/aromatic N) is 3. The maximum absolute atomic E-state index is 12.1. The number of amides is 1. The highest BCUT2D eigenvalue weighted by molar-refractivity contribution is 5.97. The van der Waals surface area contributed by atoms with Crippen LogP contribution in [0.3, 0.4) is 0 Å². The fourth-order valence-corrected chi connectivity index (χ4v) is 2.02. The van der Waals surface area contributed by atoms with Crippen LogP contribution in [0.4, 0.5) is 5.69 Å². The molecular formula is C13H15N5O. The van der Waals surface area contributed by atoms with Gasteiger partial charge in [0.15, 0.2) is 0 Å². The zero-order valence-corrected chi connectivity index (χ0v) is 10.4. The van der Waals surface area contributed by atoms with Crippen molar-refractivity contribution in [2.24, 2.45) is 11.1 Å². The van der Waals surface area contributed by atoms with Gasteiger partial charge in [-0.2, -0.15) is 0 Å². The molecule has 0 unspecified atom stereocenters. The summed E-state index contributed by atoms with van der Waals surface area (Å²) in [6.07, 6.45) is 4.98. The van der Waals surface area contributed by atoms with Crippen molar-refractivity contribution in [1.82, 2.24) is 14.8 Å². The number of benzene rings is 1. The third-order valence-corrected chi connectivity index (χ3v) is 3.55. The topological polar surface area (TPSA) is 85.8 Å². The maximum atomic E-state index is 12.1. The average molecular weight is 257 g/mol. The first-order valence-electron chi connectivity index (χ1n) is 6.20. The van der Waals surface area contributed by atoms with Gasteiger partial charge in [0, 0.05) is 12.2 Å². The van der Waals surface area contributed by atoms with E-state index in [9.17, 15) is 4.79 Å². The number of hydrogen-bond acceptors (Lipinski definition) is 4. The summed E-state index contributed by atoms with van der Waals surface area (Å²) in [6, 6.07) is 7.55. The lowest BCUT2D eigenvalue weighted by Gasteiger charge is -2.13. The Bertz CT molecular complexity index is 589. The summed E-state index contributed by atoms with van der Waals surface area (Å²) in [5.74, 6) is 0.0101. The normalized spacial score (nSPS) is 16.1. The molecule has 0 radical (unpaired) electrons. The maximum Gasteiger partial charge on any atom is 0.231 e. The number of anilines is 1. The number of carbonyl (C=O) groups is 1. The highest BCUT2D eigenvalue weighted by atomic mass is 16.2. The summed E-state index contributed by atoms with van der Waals surface area (Å²) in [5, 5.41) is 10.4. The molecule has 1 amide bonds. The van der Waals surface area contributed by atoms with Gasteiger partial charge in [-0.3, -0.25) is 9.36 Å². The van der Waals surface area contributed by atoms with Crippen LogP contribution in [-0.4, -0.2) is 27.2 Å². The molecule has 1 fully saturated rings. The van der Waals surface area contributed by atoms with Gasteiger partial charge in [0.25, 0.3) is 0 Å². The van der Waals surface area contributed by atoms with Gasteiger partial charge in [0.1, 0.15) is 12.7 Å². The summed E-state index contributed by atoms with van der Waals surface area (Å²) < 4.78 is 1.78. The lowest BCUT2D eigenvalue weighted by Crippen LogP contribution is -2.30. The number of aromatic nitrogens is 3. The summed E-state index contributed by atoms with van der Waals surface area (Å²) >= 11 is 0. The van der Waals surface area contributed by atoms with Gasteiger partial charge in [-0.1, -0.05) is 6.07 Å². The SMILES string of the molecule is NCC1(C(=O)Nc2cccc(-n3cnnc3)c2)CC1. The van der Waals surface area contributed by atoms with Gasteiger partial charge < -0.3 is 11.1 Å². The van der Waals surface area contributed by atoms with Crippen LogP contribution < -0.4 is 11.1 Å². The molecule has 98 valence electrons. The Morgan fingerprint density at radius 3 is 2.74 bits per heavy atom. The minimum absolute atomic E-state index is 0.0101. The van der Waals surface area contributed by atoms with E-state index in [4.69, 9.17) is 5.73 Å². The quantitative estimate of drug-likeness (QED) is 0.853. The Morgan fingerprint density at radius 2 is 2.11 bits per heavy atom. The van der Waals surface area contributed by atoms with Crippen LogP contribution in [0.5, 0.6) is 0 Å². The second kappa shape index (κ2) is 4.47. The van der Waals surface area contributed by atoms with E-state index >= 15 is 0 Å². The Hall–Kier alpha value is -2.21. The molecular weight excluding hydrogens is 242 g/mol. The molecule has 6 nitrogen and oxygen atoms in total. The Balaban J connectivity index is 1.79. The van der Waals surface area contributed by atoms with Gasteiger partial charge in [-0.05, 0) is 31.0 Å². The summed E-state index contributed by atoms with van der Waals surface area (Å²) in [4.78, 5) is 12.1. The number of carbonyl (C=O) groups excluding carboxylic acids is 1. The number of nitrogens with two attached hydrogens (primary N) is 1. The predicted molar refractivity (Wildman–Crippen MR) is 70.7 cm³/mol. The standard InChI is InChI=1S/C13H15N5O/c14-7-13(4-5-13)12(19)17-10-2-1-3-11(6-10)18-8-15-16-9-18/h1-3,6,8-9H,4-5,7,14H2,(H,17,19). The van der Waals surface area contributed by atoms with E-state index in [1.165, 1.54) is 0 Å². The molecule has 1 saturated carbocycles. The molecule has 0 aliphatic heterocycles. The third kappa shape index (κ3) is 2.22. The molecule has 0 saturated heterocycles. The largest absolute Gasteiger partial charge is 0.329 e. The Morgan fingerprint density at radius 1 is 1.37 bits per heavy atom. The molecule has 1 aromatic carbocycles. The van der Waals surface area contributed by atoms with Crippen molar-refractivity contribution >= 4 is 11.6 Å². The molecule has 3 rings (SSSR count). The van der Waals surface area contributed by atoms with Crippen LogP contribution in [0.2, 0.25) is 0 Å². The zero-order valence-electron chi connectivity index (χ0n) is 10.4. The van der Waals surface area contributed by atoms with Crippen molar-refractivity contribution in [2.75, 3.05) is 11.9 Å². The van der Waals surface area contributed by atoms with Gasteiger partial charge in [0.2, 0.25) is 5.91 Å². The summed E-state index contributed by atoms with van der Waals surface area (Å²) in [5.41, 5.74) is 6.97. The van der Waals surface area contributed by atoms with E-state index in [0.29, 0.717) is 6.54 Å². The molecule has 0 spiro atoms. The molecule has 1 aromatic heterocycles. The highest BCUT2D eigenvalue weighted by Crippen LogP contribution is 2.45. The number of rotatable bonds is 4. The van der Waals surface area contributed by atoms with Crippen molar-refractivity contribution in [3.8, 4) is 5.69 Å². The van der Waals surface area contributed by atoms with E-state index in [1.54, 1.807) is 17.2 Å². The molecule has 19 heavy (non-hydrogen) atoms. The van der Waals surface area contributed by atoms with Gasteiger partial charge in [-0.25, -0.2) is 0 Å². The minimum atomic E-state index is -0.341. The Labute approximate surface area is 110 Å². The van der Waals surface area contributed by atoms with Crippen LogP contribution in [0.15, 0.2) is 36.9 Å². The van der Waals surface area contributed by atoms with Crippen LogP contribution >= 0.6 is 0 Å². The molecule has 1 heterocycles. The first-order valence-corrected chi connectivity index (χ1v) is 6.20. The predicted octanol–water partition coefficient (Wildman–Crippen LogP) is 0.945. The fourth-order valence-electron chi connectivity index (χ4n) is 2.02. The lowest BCUT2D eigenvalue weighted by atomic mass is 10.1. The van der Waals surface area contributed by atoms with Crippen molar-refractivity contribution in [2.45, 2.75) is 12.8 Å². The van der Waals surface area contributed by atoms with Crippen LogP contribution in [0.1, 0.15) is 12.8 Å². The molecule has 3 N–H and O–H groups in total. The number of nitrogens with one attached hydrogen (secondary N) is 1. The summed E-state index contributed by atoms with van der Waals surface area (Å²) in [7, 11) is 0. The first-order chi connectivity index (χ1) is 9.23. The second-order valence-electron chi connectivity index (χ2n) is 4.86. The Kier molecular flexibility index (Phi) is 2.79. The first kappa shape index (κ1) is 11.9. The third-order valence-electron chi connectivity index (χ3n) is 3.55. The van der Waals surface area contributed by atoms with Gasteiger partial charge in [-0.15, -0.1) is 10.2 Å². The van der Waals surface area contributed by atoms with E-state index < -0.39 is 0 Å². The minimum Gasteiger partial charge on any atom is -0.329 e. The number of hydrogen-bond donors (Lipinski definition) is 2. The van der Waals surface area contributed by atoms with Crippen LogP contribution in [0, 0.1) is 5.41 Å². The molecule has 6 heteroatoms. The van der Waals surface area contributed by atoms with E-state index in [2.05, 4.69) is 15.5 Å². The van der Waals surface area contributed by atoms with E-state index in [0.717, 1.165) is 24.2 Å². The van der Waals surface area contributed by atoms with Crippen LogP contribution in [0.25, 0.3) is 5.69 Å². The van der Waals surface area contributed by atoms with Crippen LogP contribution in [-0.2, 0) is 4.79 Å². The lowest BCUT2D eigenvalue weighted by molar-refractivity contribution is -0.120. The van der Waals surface area contributed by atoms with E-state index in [-0.39, 0.29) is 11.3 Å². The van der Waals surface area contributed by atoms with Crippen molar-refractivity contribution in [3.63, 3.8) is 0 Å². The molecule has 0 atom stereocenters. The molecule has 0 bridgehead atoms. The van der Waals surface area contributed by atoms with Gasteiger partial charge in [0.05, 0.1) is 11.1 Å². The smallest absolute Gasteiger partial charge is 0.231 e. The molecule has 1 aliphatic rings. The summed E-state index contributed by atoms with van der Waals surface area (Å²) in [6.45, 7) is 0.407. The van der Waals surface area contributed by atoms with E-state index in [1.807, 2.05) is 24.3 Å². The molecule has 2 aromatic rings. The van der Waals surface area contributed by atoms with Crippen molar-refractivity contribution in [1.29, 1.82) is 0 Å². The highest BCUT2D eigenvalue weighted by Gasteiger charge is 2.48. The monoisotopic (exact) mass is 257 g/mol. The van der Waals surface area contributed by atoms with Crippen molar-refractivity contribution in [3.05, 3.63) is 36.9 Å². The molecule has 1 aliphatic carbocycles.